The molecule has 7 heteroatoms. The van der Waals surface area contributed by atoms with Crippen LogP contribution in [0, 0.1) is 0 Å². The monoisotopic (exact) mass is 453 g/mol. The van der Waals surface area contributed by atoms with Gasteiger partial charge < -0.3 is 19.7 Å². The molecule has 2 aromatic heterocycles. The van der Waals surface area contributed by atoms with Crippen molar-refractivity contribution in [3.63, 3.8) is 0 Å². The number of aliphatic hydroxyl groups is 1. The molecular weight excluding hydrogens is 426 g/mol. The number of aromatic nitrogens is 3. The van der Waals surface area contributed by atoms with Gasteiger partial charge in [0, 0.05) is 61.5 Å². The third-order valence-electron chi connectivity index (χ3n) is 6.82. The number of hydrogen-bond donors (Lipinski definition) is 2. The van der Waals surface area contributed by atoms with E-state index in [0.29, 0.717) is 25.2 Å². The fraction of sp³-hybridized carbons (Fsp3) is 0.296. The van der Waals surface area contributed by atoms with Crippen LogP contribution in [0.15, 0.2) is 61.1 Å². The van der Waals surface area contributed by atoms with E-state index < -0.39 is 5.60 Å². The maximum atomic E-state index is 11.8. The van der Waals surface area contributed by atoms with Crippen molar-refractivity contribution in [2.24, 2.45) is 0 Å². The van der Waals surface area contributed by atoms with Gasteiger partial charge in [-0.25, -0.2) is 9.97 Å². The van der Waals surface area contributed by atoms with Crippen molar-refractivity contribution in [3.8, 4) is 11.3 Å². The number of carbonyl (C=O) groups excluding carboxylic acids is 1. The van der Waals surface area contributed by atoms with Crippen molar-refractivity contribution < 1.29 is 9.90 Å². The summed E-state index contributed by atoms with van der Waals surface area (Å²) < 4.78 is 1.97. The number of rotatable bonds is 4. The minimum atomic E-state index is -0.642. The van der Waals surface area contributed by atoms with Crippen LogP contribution in [0.2, 0.25) is 0 Å². The summed E-state index contributed by atoms with van der Waals surface area (Å²) in [7, 11) is 0. The zero-order valence-corrected chi connectivity index (χ0v) is 19.2. The molecule has 2 aliphatic rings. The first kappa shape index (κ1) is 20.9. The van der Waals surface area contributed by atoms with Gasteiger partial charge in [0.15, 0.2) is 11.5 Å². The average Bonchev–Trinajstić information content (AvgIpc) is 3.44. The lowest BCUT2D eigenvalue weighted by molar-refractivity contribution is -0.117. The average molecular weight is 454 g/mol. The fourth-order valence-corrected chi connectivity index (χ4v) is 5.10. The summed E-state index contributed by atoms with van der Waals surface area (Å²) in [5.74, 6) is 0.942. The molecule has 2 N–H and O–H groups in total. The summed E-state index contributed by atoms with van der Waals surface area (Å²) in [5, 5.41) is 13.9. The molecule has 6 rings (SSSR count). The van der Waals surface area contributed by atoms with E-state index in [0.717, 1.165) is 58.8 Å². The molecule has 0 unspecified atom stereocenters. The smallest absolute Gasteiger partial charge is 0.180 e. The van der Waals surface area contributed by atoms with Gasteiger partial charge in [-0.1, -0.05) is 12.1 Å². The highest BCUT2D eigenvalue weighted by Crippen LogP contribution is 2.30. The van der Waals surface area contributed by atoms with Crippen molar-refractivity contribution in [2.75, 3.05) is 23.3 Å². The van der Waals surface area contributed by atoms with Gasteiger partial charge in [0.25, 0.3) is 0 Å². The van der Waals surface area contributed by atoms with Crippen LogP contribution < -0.4 is 10.2 Å². The SMILES string of the molecule is C[C@]1(O)CCCN(c2ccc(Nc3nc(-c4ccc5c(c4)CC(=O)C5)cn4ccnc34)cc2)C1. The van der Waals surface area contributed by atoms with E-state index >= 15 is 0 Å². The second kappa shape index (κ2) is 7.95. The van der Waals surface area contributed by atoms with Crippen LogP contribution >= 0.6 is 0 Å². The molecular formula is C27H27N5O2. The van der Waals surface area contributed by atoms with Crippen molar-refractivity contribution in [3.05, 3.63) is 72.2 Å². The zero-order chi connectivity index (χ0) is 23.3. The number of β-amino-alcohol motifs (C(OH)–C–C–N with tert-alkyl or cyclic N) is 1. The van der Waals surface area contributed by atoms with Gasteiger partial charge in [-0.3, -0.25) is 4.79 Å². The van der Waals surface area contributed by atoms with Gasteiger partial charge in [-0.2, -0.15) is 0 Å². The number of carbonyl (C=O) groups is 1. The summed E-state index contributed by atoms with van der Waals surface area (Å²) in [6.07, 6.45) is 8.50. The van der Waals surface area contributed by atoms with Crippen molar-refractivity contribution in [1.29, 1.82) is 0 Å². The third-order valence-corrected chi connectivity index (χ3v) is 6.82. The Bertz CT molecular complexity index is 1390. The maximum Gasteiger partial charge on any atom is 0.180 e. The Morgan fingerprint density at radius 2 is 1.91 bits per heavy atom. The Kier molecular flexibility index (Phi) is 4.88. The van der Waals surface area contributed by atoms with Gasteiger partial charge in [-0.05, 0) is 61.2 Å². The first-order valence-corrected chi connectivity index (χ1v) is 11.8. The van der Waals surface area contributed by atoms with Crippen LogP contribution in [-0.4, -0.2) is 43.9 Å². The molecule has 172 valence electrons. The van der Waals surface area contributed by atoms with Crippen LogP contribution in [0.3, 0.4) is 0 Å². The molecule has 1 aliphatic heterocycles. The number of fused-ring (bicyclic) bond motifs is 2. The summed E-state index contributed by atoms with van der Waals surface area (Å²) in [4.78, 5) is 23.5. The van der Waals surface area contributed by atoms with Gasteiger partial charge in [-0.15, -0.1) is 0 Å². The molecule has 2 aromatic carbocycles. The second-order valence-corrected chi connectivity index (χ2v) is 9.70. The summed E-state index contributed by atoms with van der Waals surface area (Å²) in [6, 6.07) is 14.4. The number of anilines is 3. The van der Waals surface area contributed by atoms with E-state index in [9.17, 15) is 9.90 Å². The Morgan fingerprint density at radius 3 is 2.74 bits per heavy atom. The number of benzene rings is 2. The van der Waals surface area contributed by atoms with E-state index in [1.54, 1.807) is 6.20 Å². The van der Waals surface area contributed by atoms with Gasteiger partial charge >= 0.3 is 0 Å². The largest absolute Gasteiger partial charge is 0.388 e. The molecule has 1 fully saturated rings. The minimum Gasteiger partial charge on any atom is -0.388 e. The van der Waals surface area contributed by atoms with E-state index in [1.807, 2.05) is 48.0 Å². The molecule has 3 heterocycles. The molecule has 34 heavy (non-hydrogen) atoms. The van der Waals surface area contributed by atoms with Gasteiger partial charge in [0.05, 0.1) is 11.3 Å². The molecule has 0 radical (unpaired) electrons. The van der Waals surface area contributed by atoms with Crippen LogP contribution in [0.4, 0.5) is 17.2 Å². The number of nitrogens with zero attached hydrogens (tertiary/aromatic N) is 4. The Hall–Kier alpha value is -3.71. The predicted molar refractivity (Wildman–Crippen MR) is 133 cm³/mol. The number of hydrogen-bond acceptors (Lipinski definition) is 6. The first-order chi connectivity index (χ1) is 16.4. The molecule has 1 saturated heterocycles. The standard InChI is InChI=1S/C27H27N5O2/c1-27(34)9-2-11-32(17-27)22-7-5-21(6-8-22)29-25-26-28-10-12-31(26)16-24(30-25)19-4-3-18-14-23(33)15-20(18)13-19/h3-8,10,12-13,16,34H,2,9,11,14-15,17H2,1H3,(H,29,30)/t27-/m0/s1. The normalized spacial score (nSPS) is 20.1. The van der Waals surface area contributed by atoms with Crippen LogP contribution in [0.5, 0.6) is 0 Å². The highest BCUT2D eigenvalue weighted by atomic mass is 16.3. The maximum absolute atomic E-state index is 11.8. The molecule has 0 spiro atoms. The fourth-order valence-electron chi connectivity index (χ4n) is 5.10. The minimum absolute atomic E-state index is 0.268. The van der Waals surface area contributed by atoms with Crippen molar-refractivity contribution in [2.45, 2.75) is 38.2 Å². The van der Waals surface area contributed by atoms with Crippen LogP contribution in [-0.2, 0) is 17.6 Å². The second-order valence-electron chi connectivity index (χ2n) is 9.70. The number of Topliss-reactive ketones (excluding diaryl/α,β-unsaturated/α-hetero) is 1. The van der Waals surface area contributed by atoms with E-state index in [2.05, 4.69) is 33.4 Å². The topological polar surface area (TPSA) is 82.8 Å². The molecule has 0 bridgehead atoms. The Balaban J connectivity index is 1.29. The molecule has 1 atom stereocenters. The third kappa shape index (κ3) is 3.92. The van der Waals surface area contributed by atoms with E-state index in [4.69, 9.17) is 4.98 Å². The molecule has 4 aromatic rings. The van der Waals surface area contributed by atoms with Gasteiger partial charge in [0.1, 0.15) is 5.78 Å². The Morgan fingerprint density at radius 1 is 1.09 bits per heavy atom. The lowest BCUT2D eigenvalue weighted by Crippen LogP contribution is -2.46. The molecule has 0 saturated carbocycles. The van der Waals surface area contributed by atoms with E-state index in [-0.39, 0.29) is 5.78 Å². The highest BCUT2D eigenvalue weighted by Gasteiger charge is 2.28. The van der Waals surface area contributed by atoms with E-state index in [1.165, 1.54) is 0 Å². The first-order valence-electron chi connectivity index (χ1n) is 11.8. The summed E-state index contributed by atoms with van der Waals surface area (Å²) >= 11 is 0. The lowest BCUT2D eigenvalue weighted by Gasteiger charge is -2.38. The number of ketones is 1. The zero-order valence-electron chi connectivity index (χ0n) is 19.2. The van der Waals surface area contributed by atoms with Gasteiger partial charge in [0.2, 0.25) is 0 Å². The summed E-state index contributed by atoms with van der Waals surface area (Å²) in [6.45, 7) is 3.50. The lowest BCUT2D eigenvalue weighted by atomic mass is 9.95. The summed E-state index contributed by atoms with van der Waals surface area (Å²) in [5.41, 5.74) is 6.14. The Labute approximate surface area is 198 Å². The van der Waals surface area contributed by atoms with Crippen molar-refractivity contribution in [1.82, 2.24) is 14.4 Å². The quantitative estimate of drug-likeness (QED) is 0.483. The molecule has 0 amide bonds. The number of imidazole rings is 1. The predicted octanol–water partition coefficient (Wildman–Crippen LogP) is 4.16. The molecule has 7 nitrogen and oxygen atoms in total. The number of piperidine rings is 1. The van der Waals surface area contributed by atoms with Crippen molar-refractivity contribution >= 4 is 28.6 Å². The molecule has 1 aliphatic carbocycles. The van der Waals surface area contributed by atoms with Crippen LogP contribution in [0.25, 0.3) is 16.9 Å². The number of nitrogens with one attached hydrogen (secondary N) is 1. The highest BCUT2D eigenvalue weighted by molar-refractivity contribution is 5.88. The van der Waals surface area contributed by atoms with Crippen LogP contribution in [0.1, 0.15) is 30.9 Å².